The number of hydrogen-bond acceptors (Lipinski definition) is 2. The first-order valence-electron chi connectivity index (χ1n) is 7.59. The standard InChI is InChI=1S/C21H12O2/c22-20-17-11-9-14-6-2-4-8-16(14)21(17)23-18-12-10-13-5-1-3-7-15(13)19(18)20/h1-12H. The van der Waals surface area contributed by atoms with Gasteiger partial charge in [0, 0.05) is 5.39 Å². The first kappa shape index (κ1) is 12.4. The Hall–Kier alpha value is -3.13. The lowest BCUT2D eigenvalue weighted by Gasteiger charge is -2.07. The highest BCUT2D eigenvalue weighted by Gasteiger charge is 2.12. The van der Waals surface area contributed by atoms with Crippen LogP contribution in [0.2, 0.25) is 0 Å². The number of rotatable bonds is 0. The van der Waals surface area contributed by atoms with E-state index in [-0.39, 0.29) is 5.43 Å². The van der Waals surface area contributed by atoms with E-state index in [2.05, 4.69) is 0 Å². The van der Waals surface area contributed by atoms with E-state index in [9.17, 15) is 4.79 Å². The maximum absolute atomic E-state index is 13.1. The lowest BCUT2D eigenvalue weighted by Crippen LogP contribution is -2.03. The summed E-state index contributed by atoms with van der Waals surface area (Å²) < 4.78 is 6.15. The molecule has 0 bridgehead atoms. The van der Waals surface area contributed by atoms with Gasteiger partial charge in [-0.2, -0.15) is 0 Å². The Kier molecular flexibility index (Phi) is 2.39. The number of benzene rings is 4. The van der Waals surface area contributed by atoms with Crippen molar-refractivity contribution in [1.29, 1.82) is 0 Å². The summed E-state index contributed by atoms with van der Waals surface area (Å²) in [6, 6.07) is 23.6. The molecular formula is C21H12O2. The van der Waals surface area contributed by atoms with Gasteiger partial charge in [-0.05, 0) is 28.3 Å². The van der Waals surface area contributed by atoms with Crippen LogP contribution in [0.4, 0.5) is 0 Å². The lowest BCUT2D eigenvalue weighted by molar-refractivity contribution is 0.664. The second kappa shape index (κ2) is 4.43. The van der Waals surface area contributed by atoms with Gasteiger partial charge in [-0.3, -0.25) is 4.79 Å². The minimum Gasteiger partial charge on any atom is -0.455 e. The third-order valence-electron chi connectivity index (χ3n) is 4.45. The van der Waals surface area contributed by atoms with Crippen molar-refractivity contribution in [1.82, 2.24) is 0 Å². The molecule has 23 heavy (non-hydrogen) atoms. The van der Waals surface area contributed by atoms with E-state index in [1.165, 1.54) is 0 Å². The number of fused-ring (bicyclic) bond motifs is 6. The van der Waals surface area contributed by atoms with E-state index in [0.717, 1.165) is 21.5 Å². The zero-order chi connectivity index (χ0) is 15.4. The predicted molar refractivity (Wildman–Crippen MR) is 95.0 cm³/mol. The molecule has 0 atom stereocenters. The monoisotopic (exact) mass is 296 g/mol. The Morgan fingerprint density at radius 2 is 1.26 bits per heavy atom. The van der Waals surface area contributed by atoms with Gasteiger partial charge in [0.05, 0.1) is 10.8 Å². The summed E-state index contributed by atoms with van der Waals surface area (Å²) in [7, 11) is 0. The van der Waals surface area contributed by atoms with Crippen LogP contribution in [-0.4, -0.2) is 0 Å². The van der Waals surface area contributed by atoms with Gasteiger partial charge in [-0.25, -0.2) is 0 Å². The normalized spacial score (nSPS) is 11.7. The van der Waals surface area contributed by atoms with E-state index >= 15 is 0 Å². The molecule has 0 aliphatic rings. The highest BCUT2D eigenvalue weighted by atomic mass is 16.3. The highest BCUT2D eigenvalue weighted by Crippen LogP contribution is 2.29. The molecule has 2 nitrogen and oxygen atoms in total. The molecule has 0 amide bonds. The second-order valence-electron chi connectivity index (χ2n) is 5.75. The van der Waals surface area contributed by atoms with Crippen molar-refractivity contribution in [3.63, 3.8) is 0 Å². The van der Waals surface area contributed by atoms with E-state index in [1.54, 1.807) is 0 Å². The third-order valence-corrected chi connectivity index (χ3v) is 4.45. The zero-order valence-corrected chi connectivity index (χ0v) is 12.2. The van der Waals surface area contributed by atoms with Crippen LogP contribution >= 0.6 is 0 Å². The molecule has 0 unspecified atom stereocenters. The molecule has 0 spiro atoms. The molecule has 0 aliphatic heterocycles. The first-order chi connectivity index (χ1) is 11.3. The second-order valence-corrected chi connectivity index (χ2v) is 5.75. The molecule has 5 aromatic rings. The fourth-order valence-electron chi connectivity index (χ4n) is 3.35. The molecule has 0 saturated heterocycles. The fraction of sp³-hybridized carbons (Fsp3) is 0. The van der Waals surface area contributed by atoms with Gasteiger partial charge in [0.15, 0.2) is 0 Å². The summed E-state index contributed by atoms with van der Waals surface area (Å²) in [5.74, 6) is 0. The fourth-order valence-corrected chi connectivity index (χ4v) is 3.35. The maximum atomic E-state index is 13.1. The molecule has 0 saturated carbocycles. The molecule has 0 N–H and O–H groups in total. The molecular weight excluding hydrogens is 284 g/mol. The van der Waals surface area contributed by atoms with Gasteiger partial charge < -0.3 is 4.42 Å². The SMILES string of the molecule is O=c1c2ccc3ccccc3c2oc2ccc3ccccc3c12. The highest BCUT2D eigenvalue weighted by molar-refractivity contribution is 6.12. The van der Waals surface area contributed by atoms with Crippen LogP contribution in [-0.2, 0) is 0 Å². The van der Waals surface area contributed by atoms with Gasteiger partial charge in [0.1, 0.15) is 11.2 Å². The Morgan fingerprint density at radius 1 is 0.609 bits per heavy atom. The summed E-state index contributed by atoms with van der Waals surface area (Å²) >= 11 is 0. The largest absolute Gasteiger partial charge is 0.455 e. The molecule has 1 heterocycles. The van der Waals surface area contributed by atoms with E-state index < -0.39 is 0 Å². The topological polar surface area (TPSA) is 30.2 Å². The van der Waals surface area contributed by atoms with Crippen molar-refractivity contribution in [2.45, 2.75) is 0 Å². The van der Waals surface area contributed by atoms with Crippen molar-refractivity contribution in [2.24, 2.45) is 0 Å². The zero-order valence-electron chi connectivity index (χ0n) is 12.2. The van der Waals surface area contributed by atoms with Crippen molar-refractivity contribution in [2.75, 3.05) is 0 Å². The van der Waals surface area contributed by atoms with Crippen molar-refractivity contribution < 1.29 is 4.42 Å². The van der Waals surface area contributed by atoms with Gasteiger partial charge in [-0.15, -0.1) is 0 Å². The molecule has 4 aromatic carbocycles. The van der Waals surface area contributed by atoms with Gasteiger partial charge in [-0.1, -0.05) is 60.7 Å². The van der Waals surface area contributed by atoms with Gasteiger partial charge in [0.25, 0.3) is 0 Å². The molecule has 0 aliphatic carbocycles. The Morgan fingerprint density at radius 3 is 2.09 bits per heavy atom. The summed E-state index contributed by atoms with van der Waals surface area (Å²) in [4.78, 5) is 13.1. The van der Waals surface area contributed by atoms with E-state index in [0.29, 0.717) is 21.9 Å². The summed E-state index contributed by atoms with van der Waals surface area (Å²) in [5, 5.41) is 5.32. The number of hydrogen-bond donors (Lipinski definition) is 0. The minimum atomic E-state index is 0.0313. The molecule has 2 heteroatoms. The molecule has 108 valence electrons. The van der Waals surface area contributed by atoms with Crippen molar-refractivity contribution in [3.05, 3.63) is 83.0 Å². The summed E-state index contributed by atoms with van der Waals surface area (Å²) in [6.07, 6.45) is 0. The third kappa shape index (κ3) is 1.66. The molecule has 1 aromatic heterocycles. The van der Waals surface area contributed by atoms with Crippen LogP contribution < -0.4 is 5.43 Å². The molecule has 0 fully saturated rings. The first-order valence-corrected chi connectivity index (χ1v) is 7.59. The average molecular weight is 296 g/mol. The molecule has 0 radical (unpaired) electrons. The van der Waals surface area contributed by atoms with Crippen LogP contribution in [0.3, 0.4) is 0 Å². The van der Waals surface area contributed by atoms with Crippen LogP contribution in [0.25, 0.3) is 43.5 Å². The van der Waals surface area contributed by atoms with Gasteiger partial charge >= 0.3 is 0 Å². The quantitative estimate of drug-likeness (QED) is 0.288. The van der Waals surface area contributed by atoms with E-state index in [1.807, 2.05) is 72.8 Å². The average Bonchev–Trinajstić information content (AvgIpc) is 2.61. The van der Waals surface area contributed by atoms with Crippen LogP contribution in [0, 0.1) is 0 Å². The van der Waals surface area contributed by atoms with Crippen molar-refractivity contribution in [3.8, 4) is 0 Å². The van der Waals surface area contributed by atoms with Crippen molar-refractivity contribution >= 4 is 43.5 Å². The Labute approximate surface area is 131 Å². The smallest absolute Gasteiger partial charge is 0.201 e. The summed E-state index contributed by atoms with van der Waals surface area (Å²) in [5.41, 5.74) is 1.33. The van der Waals surface area contributed by atoms with E-state index in [4.69, 9.17) is 4.42 Å². The molecule has 5 rings (SSSR count). The minimum absolute atomic E-state index is 0.0313. The predicted octanol–water partition coefficient (Wildman–Crippen LogP) is 5.25. The summed E-state index contributed by atoms with van der Waals surface area (Å²) in [6.45, 7) is 0. The Bertz CT molecular complexity index is 1280. The lowest BCUT2D eigenvalue weighted by atomic mass is 10.0. The van der Waals surface area contributed by atoms with Crippen LogP contribution in [0.1, 0.15) is 0 Å². The van der Waals surface area contributed by atoms with Crippen LogP contribution in [0.15, 0.2) is 82.0 Å². The Balaban J connectivity index is 2.10. The maximum Gasteiger partial charge on any atom is 0.201 e. The van der Waals surface area contributed by atoms with Crippen LogP contribution in [0.5, 0.6) is 0 Å². The van der Waals surface area contributed by atoms with Gasteiger partial charge in [0.2, 0.25) is 5.43 Å².